The third-order valence-electron chi connectivity index (χ3n) is 6.31. The summed E-state index contributed by atoms with van der Waals surface area (Å²) in [5.41, 5.74) is 1.66. The number of carbonyl (C=O) groups is 1. The second-order valence-electron chi connectivity index (χ2n) is 7.90. The van der Waals surface area contributed by atoms with Gasteiger partial charge in [-0.2, -0.15) is 0 Å². The molecule has 150 valence electrons. The Morgan fingerprint density at radius 2 is 1.96 bits per heavy atom. The minimum atomic E-state index is -0.807. The van der Waals surface area contributed by atoms with Gasteiger partial charge in [0.2, 0.25) is 0 Å². The zero-order chi connectivity index (χ0) is 19.7. The van der Waals surface area contributed by atoms with Gasteiger partial charge in [-0.25, -0.2) is 4.79 Å². The van der Waals surface area contributed by atoms with Gasteiger partial charge >= 0.3 is 6.09 Å². The topological polar surface area (TPSA) is 87.9 Å². The zero-order valence-electron chi connectivity index (χ0n) is 16.1. The molecule has 1 amide bonds. The van der Waals surface area contributed by atoms with Crippen molar-refractivity contribution in [3.05, 3.63) is 34.7 Å². The third-order valence-corrected chi connectivity index (χ3v) is 6.31. The van der Waals surface area contributed by atoms with E-state index in [1.807, 2.05) is 6.07 Å². The van der Waals surface area contributed by atoms with Gasteiger partial charge in [0.1, 0.15) is 5.75 Å². The van der Waals surface area contributed by atoms with Crippen LogP contribution in [0.3, 0.4) is 0 Å². The number of hydrogen-bond acceptors (Lipinski definition) is 5. The molecule has 28 heavy (non-hydrogen) atoms. The number of piperidine rings is 1. The standard InChI is InChI=1S/C20H26N4O4/c1-28-15-12-17-16(21-13-15)2-3-18(25)24(17)11-10-22-7-4-20(5-8-22)6-9-23(14-20)19(26)27/h2-3,12-13H,4-11,14H2,1H3,(H,26,27). The summed E-state index contributed by atoms with van der Waals surface area (Å²) in [5, 5.41) is 9.21. The molecule has 0 radical (unpaired) electrons. The maximum Gasteiger partial charge on any atom is 0.407 e. The minimum absolute atomic E-state index is 0.0380. The Hall–Kier alpha value is -2.61. The summed E-state index contributed by atoms with van der Waals surface area (Å²) in [7, 11) is 1.59. The molecule has 0 unspecified atom stereocenters. The van der Waals surface area contributed by atoms with Crippen LogP contribution < -0.4 is 10.3 Å². The summed E-state index contributed by atoms with van der Waals surface area (Å²) < 4.78 is 7.02. The number of hydrogen-bond donors (Lipinski definition) is 1. The van der Waals surface area contributed by atoms with Gasteiger partial charge in [-0.05, 0) is 43.8 Å². The van der Waals surface area contributed by atoms with E-state index in [1.165, 1.54) is 0 Å². The lowest BCUT2D eigenvalue weighted by Gasteiger charge is -2.39. The quantitative estimate of drug-likeness (QED) is 0.863. The fourth-order valence-electron chi connectivity index (χ4n) is 4.49. The van der Waals surface area contributed by atoms with Crippen LogP contribution in [0.4, 0.5) is 4.79 Å². The number of methoxy groups -OCH3 is 1. The number of pyridine rings is 2. The van der Waals surface area contributed by atoms with Crippen LogP contribution in [0, 0.1) is 5.41 Å². The lowest BCUT2D eigenvalue weighted by atomic mass is 9.78. The average molecular weight is 386 g/mol. The number of fused-ring (bicyclic) bond motifs is 1. The molecule has 2 fully saturated rings. The molecular formula is C20H26N4O4. The molecule has 2 aromatic rings. The summed E-state index contributed by atoms with van der Waals surface area (Å²) in [6.45, 7) is 4.57. The fourth-order valence-corrected chi connectivity index (χ4v) is 4.49. The maximum atomic E-state index is 12.4. The molecule has 8 heteroatoms. The van der Waals surface area contributed by atoms with Crippen molar-refractivity contribution in [2.75, 3.05) is 39.8 Å². The van der Waals surface area contributed by atoms with Gasteiger partial charge in [-0.15, -0.1) is 0 Å². The van der Waals surface area contributed by atoms with Crippen LogP contribution in [0.5, 0.6) is 5.75 Å². The molecule has 8 nitrogen and oxygen atoms in total. The van der Waals surface area contributed by atoms with E-state index in [2.05, 4.69) is 9.88 Å². The molecule has 0 aromatic carbocycles. The van der Waals surface area contributed by atoms with Crippen molar-refractivity contribution in [3.63, 3.8) is 0 Å². The van der Waals surface area contributed by atoms with Gasteiger partial charge in [0.25, 0.3) is 5.56 Å². The van der Waals surface area contributed by atoms with Crippen molar-refractivity contribution in [1.29, 1.82) is 0 Å². The van der Waals surface area contributed by atoms with Gasteiger partial charge in [0, 0.05) is 38.3 Å². The minimum Gasteiger partial charge on any atom is -0.495 e. The number of carboxylic acid groups (broad SMARTS) is 1. The Morgan fingerprint density at radius 3 is 2.64 bits per heavy atom. The van der Waals surface area contributed by atoms with Crippen molar-refractivity contribution < 1.29 is 14.6 Å². The van der Waals surface area contributed by atoms with Crippen molar-refractivity contribution in [1.82, 2.24) is 19.4 Å². The Balaban J connectivity index is 1.42. The van der Waals surface area contributed by atoms with Gasteiger partial charge in [-0.1, -0.05) is 0 Å². The van der Waals surface area contributed by atoms with Crippen LogP contribution in [0.2, 0.25) is 0 Å². The molecule has 2 aromatic heterocycles. The van der Waals surface area contributed by atoms with Crippen LogP contribution in [0.1, 0.15) is 19.3 Å². The first-order valence-corrected chi connectivity index (χ1v) is 9.74. The zero-order valence-corrected chi connectivity index (χ0v) is 16.1. The molecule has 1 N–H and O–H groups in total. The van der Waals surface area contributed by atoms with Crippen LogP contribution >= 0.6 is 0 Å². The lowest BCUT2D eigenvalue weighted by Crippen LogP contribution is -2.43. The van der Waals surface area contributed by atoms with Gasteiger partial charge in [-0.3, -0.25) is 9.78 Å². The normalized spacial score (nSPS) is 19.4. The summed E-state index contributed by atoms with van der Waals surface area (Å²) in [6, 6.07) is 5.16. The van der Waals surface area contributed by atoms with Crippen molar-refractivity contribution in [2.45, 2.75) is 25.8 Å². The largest absolute Gasteiger partial charge is 0.495 e. The van der Waals surface area contributed by atoms with Crippen LogP contribution in [-0.2, 0) is 6.54 Å². The van der Waals surface area contributed by atoms with E-state index in [0.29, 0.717) is 25.4 Å². The molecule has 0 bridgehead atoms. The van der Waals surface area contributed by atoms with Gasteiger partial charge in [0.05, 0.1) is 24.3 Å². The molecule has 4 heterocycles. The highest BCUT2D eigenvalue weighted by molar-refractivity contribution is 5.75. The van der Waals surface area contributed by atoms with E-state index in [4.69, 9.17) is 4.74 Å². The Kier molecular flexibility index (Phi) is 4.97. The molecule has 0 aliphatic carbocycles. The number of amides is 1. The van der Waals surface area contributed by atoms with E-state index in [1.54, 1.807) is 34.9 Å². The number of aromatic nitrogens is 2. The SMILES string of the molecule is COc1cnc2ccc(=O)n(CCN3CCC4(CC3)CCN(C(=O)O)C4)c2c1. The smallest absolute Gasteiger partial charge is 0.407 e. The van der Waals surface area contributed by atoms with E-state index in [-0.39, 0.29) is 11.0 Å². The predicted octanol–water partition coefficient (Wildman–Crippen LogP) is 1.87. The number of likely N-dealkylation sites (tertiary alicyclic amines) is 2. The van der Waals surface area contributed by atoms with Crippen molar-refractivity contribution >= 4 is 17.1 Å². The van der Waals surface area contributed by atoms with Crippen LogP contribution in [0.25, 0.3) is 11.0 Å². The first kappa shape index (κ1) is 18.7. The first-order chi connectivity index (χ1) is 13.5. The predicted molar refractivity (Wildman–Crippen MR) is 105 cm³/mol. The second-order valence-corrected chi connectivity index (χ2v) is 7.90. The molecule has 4 rings (SSSR count). The highest BCUT2D eigenvalue weighted by atomic mass is 16.5. The van der Waals surface area contributed by atoms with E-state index in [9.17, 15) is 14.7 Å². The van der Waals surface area contributed by atoms with E-state index in [0.717, 1.165) is 49.9 Å². The highest BCUT2D eigenvalue weighted by Gasteiger charge is 2.41. The molecule has 2 aliphatic heterocycles. The molecule has 0 atom stereocenters. The van der Waals surface area contributed by atoms with Crippen LogP contribution in [-0.4, -0.2) is 70.4 Å². The monoisotopic (exact) mass is 386 g/mol. The average Bonchev–Trinajstić information content (AvgIpc) is 3.12. The summed E-state index contributed by atoms with van der Waals surface area (Å²) in [5.74, 6) is 0.635. The van der Waals surface area contributed by atoms with Crippen LogP contribution in [0.15, 0.2) is 29.2 Å². The maximum absolute atomic E-state index is 12.4. The second kappa shape index (κ2) is 7.43. The molecular weight excluding hydrogens is 360 g/mol. The van der Waals surface area contributed by atoms with Crippen molar-refractivity contribution in [2.24, 2.45) is 5.41 Å². The van der Waals surface area contributed by atoms with E-state index < -0.39 is 6.09 Å². The summed E-state index contributed by atoms with van der Waals surface area (Å²) >= 11 is 0. The molecule has 2 saturated heterocycles. The third kappa shape index (κ3) is 3.56. The summed E-state index contributed by atoms with van der Waals surface area (Å²) in [6.07, 6.45) is 3.83. The van der Waals surface area contributed by atoms with E-state index >= 15 is 0 Å². The van der Waals surface area contributed by atoms with Gasteiger partial charge in [0.15, 0.2) is 0 Å². The first-order valence-electron chi connectivity index (χ1n) is 9.74. The Labute approximate surface area is 163 Å². The molecule has 2 aliphatic rings. The number of nitrogens with zero attached hydrogens (tertiary/aromatic N) is 4. The van der Waals surface area contributed by atoms with Gasteiger partial charge < -0.3 is 24.2 Å². The van der Waals surface area contributed by atoms with Crippen molar-refractivity contribution in [3.8, 4) is 5.75 Å². The molecule has 0 saturated carbocycles. The number of rotatable bonds is 4. The Morgan fingerprint density at radius 1 is 1.21 bits per heavy atom. The molecule has 1 spiro atoms. The number of ether oxygens (including phenoxy) is 1. The highest BCUT2D eigenvalue weighted by Crippen LogP contribution is 2.40. The lowest BCUT2D eigenvalue weighted by molar-refractivity contribution is 0.101. The fraction of sp³-hybridized carbons (Fsp3) is 0.550. The Bertz CT molecular complexity index is 933. The summed E-state index contributed by atoms with van der Waals surface area (Å²) in [4.78, 5) is 31.9.